The molecule has 1 atom stereocenters. The number of anilines is 1. The van der Waals surface area contributed by atoms with Crippen molar-refractivity contribution in [2.45, 2.75) is 40.7 Å². The Morgan fingerprint density at radius 2 is 1.84 bits per heavy atom. The van der Waals surface area contributed by atoms with E-state index in [-0.39, 0.29) is 19.1 Å². The first-order valence-corrected chi connectivity index (χ1v) is 13.0. The smallest absolute Gasteiger partial charge is 0.338 e. The molecular formula is C28H31N3O5S. The van der Waals surface area contributed by atoms with E-state index in [2.05, 4.69) is 10.3 Å². The van der Waals surface area contributed by atoms with Crippen molar-refractivity contribution in [1.29, 1.82) is 0 Å². The Hall–Kier alpha value is -3.72. The van der Waals surface area contributed by atoms with Gasteiger partial charge >= 0.3 is 5.97 Å². The number of nitrogens with zero attached hydrogens (tertiary/aromatic N) is 2. The van der Waals surface area contributed by atoms with Gasteiger partial charge in [0.1, 0.15) is 0 Å². The zero-order valence-corrected chi connectivity index (χ0v) is 22.5. The molecule has 37 heavy (non-hydrogen) atoms. The monoisotopic (exact) mass is 521 g/mol. The number of hydrogen-bond acceptors (Lipinski definition) is 8. The molecule has 9 heteroatoms. The third-order valence-corrected chi connectivity index (χ3v) is 6.68. The van der Waals surface area contributed by atoms with E-state index in [1.54, 1.807) is 13.0 Å². The molecule has 4 rings (SSSR count). The summed E-state index contributed by atoms with van der Waals surface area (Å²) in [6.07, 6.45) is 1.90. The number of carbonyl (C=O) groups excluding carboxylic acids is 2. The highest BCUT2D eigenvalue weighted by atomic mass is 32.2. The van der Waals surface area contributed by atoms with Crippen molar-refractivity contribution >= 4 is 34.5 Å². The van der Waals surface area contributed by atoms with Crippen LogP contribution in [-0.4, -0.2) is 41.8 Å². The first-order chi connectivity index (χ1) is 17.8. The number of aryl methyl sites for hydroxylation is 2. The predicted octanol–water partition coefficient (Wildman–Crippen LogP) is 5.49. The summed E-state index contributed by atoms with van der Waals surface area (Å²) >= 11 is 1.50. The van der Waals surface area contributed by atoms with E-state index in [1.807, 2.05) is 74.5 Å². The fraction of sp³-hybridized carbons (Fsp3) is 0.321. The van der Waals surface area contributed by atoms with Crippen LogP contribution in [0.3, 0.4) is 0 Å². The minimum Gasteiger partial charge on any atom is -0.490 e. The number of amidine groups is 1. The first kappa shape index (κ1) is 26.3. The molecule has 1 N–H and O–H groups in total. The van der Waals surface area contributed by atoms with E-state index in [4.69, 9.17) is 14.2 Å². The summed E-state index contributed by atoms with van der Waals surface area (Å²) in [5.74, 6) is 0.254. The normalized spacial score (nSPS) is 16.3. The molecule has 0 saturated heterocycles. The highest BCUT2D eigenvalue weighted by molar-refractivity contribution is 8.16. The Morgan fingerprint density at radius 1 is 1.03 bits per heavy atom. The number of rotatable bonds is 9. The molecule has 1 amide bonds. The third kappa shape index (κ3) is 5.83. The van der Waals surface area contributed by atoms with Crippen LogP contribution in [-0.2, 0) is 14.3 Å². The number of benzene rings is 2. The van der Waals surface area contributed by atoms with Gasteiger partial charge in [-0.2, -0.15) is 0 Å². The average Bonchev–Trinajstić information content (AvgIpc) is 3.32. The van der Waals surface area contributed by atoms with Crippen LogP contribution >= 0.6 is 11.8 Å². The number of carbonyl (C=O) groups is 2. The van der Waals surface area contributed by atoms with E-state index in [1.165, 1.54) is 11.8 Å². The number of amides is 1. The number of fused-ring (bicyclic) bond motifs is 1. The molecule has 0 spiro atoms. The lowest BCUT2D eigenvalue weighted by molar-refractivity contribution is -0.139. The van der Waals surface area contributed by atoms with Crippen molar-refractivity contribution in [2.75, 3.05) is 25.1 Å². The van der Waals surface area contributed by atoms with Gasteiger partial charge in [-0.3, -0.25) is 4.79 Å². The Bertz CT molecular complexity index is 1300. The number of hydrogen-bond donors (Lipinski definition) is 1. The zero-order valence-electron chi connectivity index (χ0n) is 21.7. The largest absolute Gasteiger partial charge is 0.490 e. The molecule has 0 saturated carbocycles. The standard InChI is InChI=1S/C28H31N3O5S/c1-6-34-23-15-20(26-25(27(33)35-7-2)19(5)29-28-31(26)12-13-37-28)9-11-22(23)36-16-24(32)30-21-10-8-17(3)14-18(21)4/h8-15,26H,6-7,16H2,1-5H3,(H,30,32)/t26-/m0/s1. The van der Waals surface area contributed by atoms with Gasteiger partial charge in [-0.15, -0.1) is 0 Å². The van der Waals surface area contributed by atoms with Gasteiger partial charge in [0.15, 0.2) is 23.3 Å². The fourth-order valence-corrected chi connectivity index (χ4v) is 5.06. The lowest BCUT2D eigenvalue weighted by Crippen LogP contribution is -2.34. The van der Waals surface area contributed by atoms with Crippen LogP contribution in [0.1, 0.15) is 43.5 Å². The van der Waals surface area contributed by atoms with Crippen LogP contribution in [0.25, 0.3) is 0 Å². The molecule has 0 bridgehead atoms. The molecular weight excluding hydrogens is 490 g/mol. The van der Waals surface area contributed by atoms with E-state index in [0.717, 1.165) is 27.5 Å². The van der Waals surface area contributed by atoms with Gasteiger partial charge in [0, 0.05) is 11.9 Å². The second-order valence-corrected chi connectivity index (χ2v) is 9.49. The molecule has 2 aromatic rings. The van der Waals surface area contributed by atoms with Gasteiger partial charge in [0.25, 0.3) is 5.91 Å². The van der Waals surface area contributed by atoms with Crippen LogP contribution in [0.2, 0.25) is 0 Å². The summed E-state index contributed by atoms with van der Waals surface area (Å²) in [5.41, 5.74) is 4.77. The number of ether oxygens (including phenoxy) is 3. The second kappa shape index (κ2) is 11.6. The van der Waals surface area contributed by atoms with Crippen LogP contribution in [0.15, 0.2) is 64.3 Å². The van der Waals surface area contributed by atoms with Crippen molar-refractivity contribution in [1.82, 2.24) is 4.90 Å². The van der Waals surface area contributed by atoms with Crippen LogP contribution in [0.5, 0.6) is 11.5 Å². The first-order valence-electron chi connectivity index (χ1n) is 12.2. The average molecular weight is 522 g/mol. The van der Waals surface area contributed by atoms with Crippen molar-refractivity contribution in [2.24, 2.45) is 4.99 Å². The molecule has 0 radical (unpaired) electrons. The van der Waals surface area contributed by atoms with E-state index in [9.17, 15) is 9.59 Å². The Morgan fingerprint density at radius 3 is 2.57 bits per heavy atom. The van der Waals surface area contributed by atoms with Gasteiger partial charge in [-0.05, 0) is 69.4 Å². The number of allylic oxidation sites excluding steroid dienone is 1. The lowest BCUT2D eigenvalue weighted by Gasteiger charge is -2.33. The van der Waals surface area contributed by atoms with Crippen molar-refractivity contribution in [3.8, 4) is 11.5 Å². The van der Waals surface area contributed by atoms with Crippen LogP contribution in [0, 0.1) is 13.8 Å². The summed E-state index contributed by atoms with van der Waals surface area (Å²) in [4.78, 5) is 32.1. The molecule has 194 valence electrons. The third-order valence-electron chi connectivity index (χ3n) is 5.91. The van der Waals surface area contributed by atoms with E-state index in [0.29, 0.717) is 29.4 Å². The number of thioether (sulfide) groups is 1. The predicted molar refractivity (Wildman–Crippen MR) is 146 cm³/mol. The SMILES string of the molecule is CCOC(=O)C1=C(C)N=C2SC=CN2[C@H]1c1ccc(OCC(=O)Nc2ccc(C)cc2C)c(OCC)c1. The minimum absolute atomic E-state index is 0.175. The molecule has 0 fully saturated rings. The van der Waals surface area contributed by atoms with Gasteiger partial charge in [-0.25, -0.2) is 9.79 Å². The number of aliphatic imine (C=N–C) groups is 1. The molecule has 0 aliphatic carbocycles. The van der Waals surface area contributed by atoms with E-state index >= 15 is 0 Å². The summed E-state index contributed by atoms with van der Waals surface area (Å²) in [5, 5.41) is 5.61. The fourth-order valence-electron chi connectivity index (χ4n) is 4.26. The number of nitrogens with one attached hydrogen (secondary N) is 1. The maximum atomic E-state index is 12.9. The molecule has 0 unspecified atom stereocenters. The lowest BCUT2D eigenvalue weighted by atomic mass is 9.94. The molecule has 2 aromatic carbocycles. The maximum absolute atomic E-state index is 12.9. The van der Waals surface area contributed by atoms with E-state index < -0.39 is 12.0 Å². The molecule has 2 heterocycles. The number of esters is 1. The molecule has 0 aromatic heterocycles. The highest BCUT2D eigenvalue weighted by Crippen LogP contribution is 2.43. The Labute approximate surface area is 221 Å². The molecule has 2 aliphatic heterocycles. The Balaban J connectivity index is 1.57. The quantitative estimate of drug-likeness (QED) is 0.437. The Kier molecular flexibility index (Phi) is 8.23. The van der Waals surface area contributed by atoms with Gasteiger partial charge in [-0.1, -0.05) is 35.5 Å². The van der Waals surface area contributed by atoms with Crippen LogP contribution < -0.4 is 14.8 Å². The van der Waals surface area contributed by atoms with Gasteiger partial charge in [0.2, 0.25) is 0 Å². The molecule has 2 aliphatic rings. The minimum atomic E-state index is -0.432. The summed E-state index contributed by atoms with van der Waals surface area (Å²) in [6, 6.07) is 10.9. The highest BCUT2D eigenvalue weighted by Gasteiger charge is 2.37. The van der Waals surface area contributed by atoms with Crippen molar-refractivity contribution in [3.05, 3.63) is 76.0 Å². The van der Waals surface area contributed by atoms with Crippen molar-refractivity contribution in [3.63, 3.8) is 0 Å². The van der Waals surface area contributed by atoms with Gasteiger partial charge in [0.05, 0.1) is 30.5 Å². The summed E-state index contributed by atoms with van der Waals surface area (Å²) in [6.45, 7) is 9.93. The van der Waals surface area contributed by atoms with Gasteiger partial charge < -0.3 is 24.4 Å². The summed E-state index contributed by atoms with van der Waals surface area (Å²) in [7, 11) is 0. The molecule has 8 nitrogen and oxygen atoms in total. The maximum Gasteiger partial charge on any atom is 0.338 e. The second-order valence-electron chi connectivity index (χ2n) is 8.62. The van der Waals surface area contributed by atoms with Crippen molar-refractivity contribution < 1.29 is 23.8 Å². The zero-order chi connectivity index (χ0) is 26.5. The topological polar surface area (TPSA) is 89.5 Å². The van der Waals surface area contributed by atoms with Crippen LogP contribution in [0.4, 0.5) is 5.69 Å². The summed E-state index contributed by atoms with van der Waals surface area (Å²) < 4.78 is 17.1.